The predicted molar refractivity (Wildman–Crippen MR) is 127 cm³/mol. The molecule has 2 aromatic rings. The van der Waals surface area contributed by atoms with Gasteiger partial charge in [0.25, 0.3) is 0 Å². The Balaban J connectivity index is 0.00000392. The molecule has 0 spiro atoms. The van der Waals surface area contributed by atoms with Gasteiger partial charge in [0, 0.05) is 39.8 Å². The third-order valence-electron chi connectivity index (χ3n) is 4.44. The van der Waals surface area contributed by atoms with Crippen LogP contribution >= 0.6 is 24.0 Å². The molecule has 1 heterocycles. The van der Waals surface area contributed by atoms with Crippen LogP contribution in [0.1, 0.15) is 31.6 Å². The van der Waals surface area contributed by atoms with Crippen molar-refractivity contribution < 1.29 is 9.15 Å². The van der Waals surface area contributed by atoms with Crippen LogP contribution in [0.4, 0.5) is 0 Å². The van der Waals surface area contributed by atoms with E-state index in [0.29, 0.717) is 0 Å². The zero-order valence-corrected chi connectivity index (χ0v) is 19.6. The van der Waals surface area contributed by atoms with Crippen LogP contribution in [0.3, 0.4) is 0 Å². The maximum atomic E-state index is 5.40. The van der Waals surface area contributed by atoms with Crippen molar-refractivity contribution in [3.05, 3.63) is 60.1 Å². The minimum atomic E-state index is 0. The summed E-state index contributed by atoms with van der Waals surface area (Å²) in [6, 6.07) is 14.4. The summed E-state index contributed by atoms with van der Waals surface area (Å²) in [5, 5.41) is 6.87. The lowest BCUT2D eigenvalue weighted by atomic mass is 9.90. The highest BCUT2D eigenvalue weighted by atomic mass is 127. The SMILES string of the molecule is COCCC(C)(C)CN=C(NCCc1ccccc1)NCCc1ccco1.I. The number of hydrogen-bond acceptors (Lipinski definition) is 3. The molecule has 0 bridgehead atoms. The number of nitrogens with one attached hydrogen (secondary N) is 2. The number of benzene rings is 1. The van der Waals surface area contributed by atoms with Gasteiger partial charge in [-0.2, -0.15) is 0 Å². The minimum absolute atomic E-state index is 0. The Labute approximate surface area is 186 Å². The molecule has 1 aromatic carbocycles. The van der Waals surface area contributed by atoms with Gasteiger partial charge in [-0.1, -0.05) is 44.2 Å². The minimum Gasteiger partial charge on any atom is -0.469 e. The van der Waals surface area contributed by atoms with E-state index in [1.54, 1.807) is 13.4 Å². The molecular formula is C22H34IN3O2. The topological polar surface area (TPSA) is 58.8 Å². The molecule has 156 valence electrons. The summed E-state index contributed by atoms with van der Waals surface area (Å²) < 4.78 is 10.6. The van der Waals surface area contributed by atoms with Gasteiger partial charge in [0.05, 0.1) is 6.26 Å². The van der Waals surface area contributed by atoms with E-state index in [2.05, 4.69) is 48.7 Å². The number of guanidine groups is 1. The highest BCUT2D eigenvalue weighted by Gasteiger charge is 2.17. The first kappa shape index (κ1) is 24.5. The Morgan fingerprint density at radius 3 is 2.39 bits per heavy atom. The Kier molecular flexibility index (Phi) is 11.9. The lowest BCUT2D eigenvalue weighted by Crippen LogP contribution is -2.40. The van der Waals surface area contributed by atoms with Gasteiger partial charge in [0.15, 0.2) is 5.96 Å². The molecule has 6 heteroatoms. The maximum Gasteiger partial charge on any atom is 0.191 e. The second-order valence-corrected chi connectivity index (χ2v) is 7.49. The van der Waals surface area contributed by atoms with Crippen molar-refractivity contribution in [2.75, 3.05) is 33.4 Å². The van der Waals surface area contributed by atoms with Crippen molar-refractivity contribution in [2.24, 2.45) is 10.4 Å². The summed E-state index contributed by atoms with van der Waals surface area (Å²) >= 11 is 0. The molecule has 0 saturated heterocycles. The van der Waals surface area contributed by atoms with Crippen molar-refractivity contribution in [1.82, 2.24) is 10.6 Å². The molecule has 28 heavy (non-hydrogen) atoms. The molecule has 0 aliphatic heterocycles. The predicted octanol–water partition coefficient (Wildman–Crippen LogP) is 4.28. The van der Waals surface area contributed by atoms with Gasteiger partial charge in [0.2, 0.25) is 0 Å². The molecule has 0 amide bonds. The fourth-order valence-corrected chi connectivity index (χ4v) is 2.65. The van der Waals surface area contributed by atoms with E-state index in [-0.39, 0.29) is 29.4 Å². The average Bonchev–Trinajstić information content (AvgIpc) is 3.18. The van der Waals surface area contributed by atoms with Crippen LogP contribution in [0.15, 0.2) is 58.1 Å². The number of hydrogen-bond donors (Lipinski definition) is 2. The quantitative estimate of drug-likeness (QED) is 0.275. The standard InChI is InChI=1S/C22H33N3O2.HI/c1-22(2,13-17-26-3)18-25-21(24-15-12-20-10-7-16-27-20)23-14-11-19-8-5-4-6-9-19;/h4-10,16H,11-15,17-18H2,1-3H3,(H2,23,24,25);1H. The van der Waals surface area contributed by atoms with E-state index in [1.807, 2.05) is 18.2 Å². The van der Waals surface area contributed by atoms with E-state index >= 15 is 0 Å². The summed E-state index contributed by atoms with van der Waals surface area (Å²) in [5.74, 6) is 1.83. The average molecular weight is 499 g/mol. The molecule has 0 fully saturated rings. The van der Waals surface area contributed by atoms with E-state index in [4.69, 9.17) is 14.1 Å². The number of nitrogens with zero attached hydrogens (tertiary/aromatic N) is 1. The first-order chi connectivity index (χ1) is 13.1. The van der Waals surface area contributed by atoms with Gasteiger partial charge >= 0.3 is 0 Å². The Hall–Kier alpha value is -1.54. The number of ether oxygens (including phenoxy) is 1. The van der Waals surface area contributed by atoms with E-state index < -0.39 is 0 Å². The van der Waals surface area contributed by atoms with Crippen LogP contribution in [-0.2, 0) is 17.6 Å². The molecule has 2 rings (SSSR count). The van der Waals surface area contributed by atoms with Gasteiger partial charge in [-0.3, -0.25) is 4.99 Å². The lowest BCUT2D eigenvalue weighted by Gasteiger charge is -2.22. The number of halogens is 1. The van der Waals surface area contributed by atoms with Gasteiger partial charge in [-0.05, 0) is 36.0 Å². The Morgan fingerprint density at radius 2 is 1.75 bits per heavy atom. The van der Waals surface area contributed by atoms with Gasteiger partial charge in [0.1, 0.15) is 5.76 Å². The summed E-state index contributed by atoms with van der Waals surface area (Å²) in [4.78, 5) is 4.81. The van der Waals surface area contributed by atoms with Crippen molar-refractivity contribution in [3.8, 4) is 0 Å². The largest absolute Gasteiger partial charge is 0.469 e. The molecule has 0 saturated carbocycles. The second-order valence-electron chi connectivity index (χ2n) is 7.49. The summed E-state index contributed by atoms with van der Waals surface area (Å²) in [6.45, 7) is 7.57. The molecule has 5 nitrogen and oxygen atoms in total. The van der Waals surface area contributed by atoms with Crippen LogP contribution < -0.4 is 10.6 Å². The normalized spacial score (nSPS) is 11.8. The van der Waals surface area contributed by atoms with Crippen molar-refractivity contribution in [2.45, 2.75) is 33.1 Å². The van der Waals surface area contributed by atoms with Crippen LogP contribution in [0.5, 0.6) is 0 Å². The van der Waals surface area contributed by atoms with Gasteiger partial charge in [-0.25, -0.2) is 0 Å². The third kappa shape index (κ3) is 10.1. The van der Waals surface area contributed by atoms with Gasteiger partial charge in [-0.15, -0.1) is 24.0 Å². The molecule has 1 aromatic heterocycles. The fourth-order valence-electron chi connectivity index (χ4n) is 2.65. The molecule has 0 aliphatic carbocycles. The summed E-state index contributed by atoms with van der Waals surface area (Å²) in [7, 11) is 1.74. The zero-order chi connectivity index (χ0) is 19.4. The van der Waals surface area contributed by atoms with E-state index in [1.165, 1.54) is 5.56 Å². The molecular weight excluding hydrogens is 465 g/mol. The monoisotopic (exact) mass is 499 g/mol. The first-order valence-corrected chi connectivity index (χ1v) is 9.66. The maximum absolute atomic E-state index is 5.40. The summed E-state index contributed by atoms with van der Waals surface area (Å²) in [5.41, 5.74) is 1.42. The smallest absolute Gasteiger partial charge is 0.191 e. The second kappa shape index (κ2) is 13.6. The Bertz CT molecular complexity index is 658. The van der Waals surface area contributed by atoms with Crippen molar-refractivity contribution >= 4 is 29.9 Å². The number of aliphatic imine (C=N–C) groups is 1. The number of furan rings is 1. The van der Waals surface area contributed by atoms with E-state index in [9.17, 15) is 0 Å². The molecule has 0 unspecified atom stereocenters. The summed E-state index contributed by atoms with van der Waals surface area (Å²) in [6.07, 6.45) is 4.49. The number of rotatable bonds is 11. The van der Waals surface area contributed by atoms with Crippen molar-refractivity contribution in [1.29, 1.82) is 0 Å². The molecule has 0 radical (unpaired) electrons. The Morgan fingerprint density at radius 1 is 1.04 bits per heavy atom. The fraction of sp³-hybridized carbons (Fsp3) is 0.500. The first-order valence-electron chi connectivity index (χ1n) is 9.66. The molecule has 2 N–H and O–H groups in total. The number of methoxy groups -OCH3 is 1. The van der Waals surface area contributed by atoms with Crippen LogP contribution in [-0.4, -0.2) is 39.3 Å². The zero-order valence-electron chi connectivity index (χ0n) is 17.2. The molecule has 0 atom stereocenters. The highest BCUT2D eigenvalue weighted by Crippen LogP contribution is 2.20. The van der Waals surface area contributed by atoms with E-state index in [0.717, 1.165) is 57.2 Å². The third-order valence-corrected chi connectivity index (χ3v) is 4.44. The van der Waals surface area contributed by atoms with Gasteiger partial charge < -0.3 is 19.8 Å². The van der Waals surface area contributed by atoms with Crippen LogP contribution in [0.2, 0.25) is 0 Å². The van der Waals surface area contributed by atoms with Crippen LogP contribution in [0.25, 0.3) is 0 Å². The van der Waals surface area contributed by atoms with Crippen LogP contribution in [0, 0.1) is 5.41 Å². The highest BCUT2D eigenvalue weighted by molar-refractivity contribution is 14.0. The van der Waals surface area contributed by atoms with Crippen molar-refractivity contribution in [3.63, 3.8) is 0 Å². The lowest BCUT2D eigenvalue weighted by molar-refractivity contribution is 0.155. The molecule has 0 aliphatic rings.